The maximum atomic E-state index is 13.2. The Balaban J connectivity index is 1.36. The van der Waals surface area contributed by atoms with E-state index in [1.165, 1.54) is 0 Å². The first-order chi connectivity index (χ1) is 16.0. The highest BCUT2D eigenvalue weighted by Crippen LogP contribution is 2.31. The number of urea groups is 1. The normalized spacial score (nSPS) is 22.7. The first-order valence-electron chi connectivity index (χ1n) is 11.9. The lowest BCUT2D eigenvalue weighted by molar-refractivity contribution is -0.137. The van der Waals surface area contributed by atoms with Gasteiger partial charge in [0.1, 0.15) is 6.04 Å². The van der Waals surface area contributed by atoms with Crippen LogP contribution in [0.25, 0.3) is 0 Å². The van der Waals surface area contributed by atoms with Gasteiger partial charge in [-0.15, -0.1) is 10.2 Å². The first kappa shape index (κ1) is 23.1. The van der Waals surface area contributed by atoms with Gasteiger partial charge in [-0.3, -0.25) is 14.4 Å². The second kappa shape index (κ2) is 10.3. The minimum atomic E-state index is -0.971. The third-order valence-electron chi connectivity index (χ3n) is 7.02. The van der Waals surface area contributed by atoms with Crippen LogP contribution in [0.2, 0.25) is 0 Å². The number of aromatic amines is 1. The molecule has 1 aromatic rings. The molecule has 3 fully saturated rings. The lowest BCUT2D eigenvalue weighted by atomic mass is 9.79. The van der Waals surface area contributed by atoms with E-state index in [-0.39, 0.29) is 19.0 Å². The van der Waals surface area contributed by atoms with Gasteiger partial charge in [-0.25, -0.2) is 9.69 Å². The number of aromatic nitrogens is 4. The molecule has 1 aromatic heterocycles. The van der Waals surface area contributed by atoms with Gasteiger partial charge >= 0.3 is 6.03 Å². The Morgan fingerprint density at radius 2 is 1.85 bits per heavy atom. The van der Waals surface area contributed by atoms with Gasteiger partial charge in [0.15, 0.2) is 5.82 Å². The monoisotopic (exact) mass is 460 g/mol. The van der Waals surface area contributed by atoms with Crippen LogP contribution in [0.3, 0.4) is 0 Å². The highest BCUT2D eigenvalue weighted by molar-refractivity contribution is 6.03. The van der Waals surface area contributed by atoms with Crippen LogP contribution in [0.1, 0.15) is 70.0 Å². The summed E-state index contributed by atoms with van der Waals surface area (Å²) in [6, 6.07) is -1.60. The number of nitrogens with one attached hydrogen (secondary N) is 4. The molecular formula is C21H32N8O4. The molecule has 1 saturated heterocycles. The minimum absolute atomic E-state index is 0.0325. The van der Waals surface area contributed by atoms with Crippen molar-refractivity contribution in [1.82, 2.24) is 41.5 Å². The summed E-state index contributed by atoms with van der Waals surface area (Å²) in [5.41, 5.74) is -0.547. The van der Waals surface area contributed by atoms with E-state index in [1.54, 1.807) is 0 Å². The summed E-state index contributed by atoms with van der Waals surface area (Å²) in [7, 11) is 0. The third-order valence-corrected chi connectivity index (χ3v) is 7.02. The molecule has 4 N–H and O–H groups in total. The van der Waals surface area contributed by atoms with Crippen LogP contribution in [0, 0.1) is 5.92 Å². The van der Waals surface area contributed by atoms with Gasteiger partial charge in [-0.1, -0.05) is 37.3 Å². The number of hydrogen-bond acceptors (Lipinski definition) is 7. The fraction of sp³-hybridized carbons (Fsp3) is 0.762. The lowest BCUT2D eigenvalue weighted by Crippen LogP contribution is -2.58. The number of rotatable bonds is 8. The second-order valence-electron chi connectivity index (χ2n) is 9.43. The standard InChI is InChI=1S/C21H32N8O4/c30-17(10-14-6-2-3-7-14)22-13-18(31)29-15(12-23-20(29)33)19(32)24-21(8-4-1-5-9-21)11-16-25-27-28-26-16/h14-15H,1-13H2,(H,22,30)(H,23,33)(H,24,32)(H,25,26,27,28). The molecule has 1 aliphatic heterocycles. The Kier molecular flexibility index (Phi) is 7.19. The van der Waals surface area contributed by atoms with Crippen LogP contribution in [-0.2, 0) is 20.8 Å². The molecule has 0 aromatic carbocycles. The minimum Gasteiger partial charge on any atom is -0.348 e. The van der Waals surface area contributed by atoms with Gasteiger partial charge in [0, 0.05) is 24.9 Å². The van der Waals surface area contributed by atoms with Crippen molar-refractivity contribution in [3.8, 4) is 0 Å². The summed E-state index contributed by atoms with van der Waals surface area (Å²) in [6.07, 6.45) is 9.65. The summed E-state index contributed by atoms with van der Waals surface area (Å²) in [5, 5.41) is 22.4. The molecule has 0 spiro atoms. The smallest absolute Gasteiger partial charge is 0.325 e. The maximum absolute atomic E-state index is 13.2. The SMILES string of the molecule is O=C(CC1CCCC1)NCC(=O)N1C(=O)NCC1C(=O)NC1(Cc2nn[nH]n2)CCCCC1. The molecule has 33 heavy (non-hydrogen) atoms. The van der Waals surface area contributed by atoms with Crippen LogP contribution in [0.4, 0.5) is 4.79 Å². The Morgan fingerprint density at radius 1 is 1.09 bits per heavy atom. The van der Waals surface area contributed by atoms with Crippen molar-refractivity contribution in [2.75, 3.05) is 13.1 Å². The van der Waals surface area contributed by atoms with E-state index in [1.807, 2.05) is 0 Å². The van der Waals surface area contributed by atoms with Crippen molar-refractivity contribution >= 4 is 23.8 Å². The molecular weight excluding hydrogens is 428 g/mol. The molecule has 0 bridgehead atoms. The number of hydrogen-bond donors (Lipinski definition) is 4. The van der Waals surface area contributed by atoms with Crippen LogP contribution < -0.4 is 16.0 Å². The fourth-order valence-electron chi connectivity index (χ4n) is 5.29. The number of carbonyl (C=O) groups excluding carboxylic acids is 4. The summed E-state index contributed by atoms with van der Waals surface area (Å²) < 4.78 is 0. The predicted molar refractivity (Wildman–Crippen MR) is 115 cm³/mol. The summed E-state index contributed by atoms with van der Waals surface area (Å²) in [6.45, 7) is -0.276. The Hall–Kier alpha value is -3.05. The quantitative estimate of drug-likeness (QED) is 0.430. The number of carbonyl (C=O) groups is 4. The summed E-state index contributed by atoms with van der Waals surface area (Å²) in [4.78, 5) is 51.5. The molecule has 180 valence electrons. The number of imide groups is 1. The Labute approximate surface area is 192 Å². The molecule has 0 radical (unpaired) electrons. The zero-order valence-corrected chi connectivity index (χ0v) is 18.8. The lowest BCUT2D eigenvalue weighted by Gasteiger charge is -2.38. The van der Waals surface area contributed by atoms with Gasteiger partial charge in [0.2, 0.25) is 11.8 Å². The van der Waals surface area contributed by atoms with Crippen molar-refractivity contribution in [3.05, 3.63) is 5.82 Å². The number of tetrazole rings is 1. The molecule has 4 rings (SSSR count). The molecule has 1 atom stereocenters. The molecule has 5 amide bonds. The van der Waals surface area contributed by atoms with E-state index in [0.717, 1.165) is 62.7 Å². The molecule has 2 saturated carbocycles. The molecule has 1 unspecified atom stereocenters. The molecule has 2 aliphatic carbocycles. The zero-order valence-electron chi connectivity index (χ0n) is 18.8. The van der Waals surface area contributed by atoms with Gasteiger partial charge < -0.3 is 16.0 Å². The second-order valence-corrected chi connectivity index (χ2v) is 9.43. The number of H-pyrrole nitrogens is 1. The van der Waals surface area contributed by atoms with E-state index in [4.69, 9.17) is 0 Å². The number of nitrogens with zero attached hydrogens (tertiary/aromatic N) is 4. The fourth-order valence-corrected chi connectivity index (χ4v) is 5.29. The van der Waals surface area contributed by atoms with Crippen molar-refractivity contribution in [2.45, 2.75) is 82.2 Å². The van der Waals surface area contributed by atoms with Gasteiger partial charge in [0.25, 0.3) is 5.91 Å². The van der Waals surface area contributed by atoms with Crippen molar-refractivity contribution in [2.24, 2.45) is 5.92 Å². The molecule has 2 heterocycles. The number of amides is 5. The van der Waals surface area contributed by atoms with E-state index in [0.29, 0.717) is 24.6 Å². The van der Waals surface area contributed by atoms with Crippen molar-refractivity contribution in [3.63, 3.8) is 0 Å². The predicted octanol–water partition coefficient (Wildman–Crippen LogP) is 0.178. The van der Waals surface area contributed by atoms with E-state index >= 15 is 0 Å². The van der Waals surface area contributed by atoms with Crippen LogP contribution >= 0.6 is 0 Å². The third kappa shape index (κ3) is 5.66. The molecule has 12 nitrogen and oxygen atoms in total. The highest BCUT2D eigenvalue weighted by atomic mass is 16.2. The van der Waals surface area contributed by atoms with Crippen LogP contribution in [-0.4, -0.2) is 73.9 Å². The Morgan fingerprint density at radius 3 is 2.55 bits per heavy atom. The largest absolute Gasteiger partial charge is 0.348 e. The summed E-state index contributed by atoms with van der Waals surface area (Å²) in [5.74, 6) is -0.322. The van der Waals surface area contributed by atoms with Crippen LogP contribution in [0.5, 0.6) is 0 Å². The molecule has 12 heteroatoms. The van der Waals surface area contributed by atoms with E-state index in [2.05, 4.69) is 36.6 Å². The average Bonchev–Trinajstić information content (AvgIpc) is 3.55. The van der Waals surface area contributed by atoms with Gasteiger partial charge in [-0.2, -0.15) is 5.21 Å². The van der Waals surface area contributed by atoms with Gasteiger partial charge in [-0.05, 0) is 31.6 Å². The van der Waals surface area contributed by atoms with Crippen LogP contribution in [0.15, 0.2) is 0 Å². The van der Waals surface area contributed by atoms with E-state index < -0.39 is 29.4 Å². The van der Waals surface area contributed by atoms with E-state index in [9.17, 15) is 19.2 Å². The highest BCUT2D eigenvalue weighted by Gasteiger charge is 2.43. The maximum Gasteiger partial charge on any atom is 0.325 e. The van der Waals surface area contributed by atoms with Crippen molar-refractivity contribution < 1.29 is 19.2 Å². The zero-order chi connectivity index (χ0) is 23.3. The average molecular weight is 461 g/mol. The first-order valence-corrected chi connectivity index (χ1v) is 11.9. The topological polar surface area (TPSA) is 162 Å². The Bertz CT molecular complexity index is 862. The van der Waals surface area contributed by atoms with Gasteiger partial charge in [0.05, 0.1) is 6.54 Å². The summed E-state index contributed by atoms with van der Waals surface area (Å²) >= 11 is 0. The van der Waals surface area contributed by atoms with Crippen molar-refractivity contribution in [1.29, 1.82) is 0 Å². The molecule has 3 aliphatic rings.